The highest BCUT2D eigenvalue weighted by Crippen LogP contribution is 2.31. The maximum atomic E-state index is 13.1. The summed E-state index contributed by atoms with van der Waals surface area (Å²) < 4.78 is 40.6. The van der Waals surface area contributed by atoms with Crippen LogP contribution in [-0.4, -0.2) is 20.7 Å². The fourth-order valence-electron chi connectivity index (χ4n) is 3.09. The van der Waals surface area contributed by atoms with Gasteiger partial charge < -0.3 is 11.1 Å². The molecule has 0 radical (unpaired) electrons. The number of nitrogens with two attached hydrogens (primary N) is 2. The van der Waals surface area contributed by atoms with Crippen LogP contribution in [0, 0.1) is 0 Å². The third kappa shape index (κ3) is 4.61. The standard InChI is InChI=1S/C20H21F3N6O2/c1-11(2)29-17-7-12(20(21,22)23)3-6-15(17)19(31)16(27-29)8-18(30)26-13-4-5-14(9-24)28(25)10-13/h3-7,9-11H,8,24-25H2,1-2H3,(H,26,30)/b14-9-. The first-order valence-corrected chi connectivity index (χ1v) is 9.29. The monoisotopic (exact) mass is 434 g/mol. The fraction of sp³-hybridized carbons (Fsp3) is 0.250. The molecule has 8 nitrogen and oxygen atoms in total. The zero-order valence-electron chi connectivity index (χ0n) is 16.8. The Morgan fingerprint density at radius 1 is 1.29 bits per heavy atom. The first-order valence-electron chi connectivity index (χ1n) is 9.29. The van der Waals surface area contributed by atoms with E-state index in [1.54, 1.807) is 26.0 Å². The number of hydrogen-bond acceptors (Lipinski definition) is 6. The van der Waals surface area contributed by atoms with Crippen LogP contribution in [0.25, 0.3) is 10.9 Å². The first-order chi connectivity index (χ1) is 14.5. The van der Waals surface area contributed by atoms with Crippen molar-refractivity contribution in [1.82, 2.24) is 20.1 Å². The van der Waals surface area contributed by atoms with Crippen LogP contribution in [-0.2, 0) is 17.4 Å². The highest BCUT2D eigenvalue weighted by atomic mass is 19.4. The van der Waals surface area contributed by atoms with E-state index in [9.17, 15) is 22.8 Å². The zero-order chi connectivity index (χ0) is 22.9. The van der Waals surface area contributed by atoms with Crippen LogP contribution in [0.4, 0.5) is 13.2 Å². The molecule has 2 aromatic rings. The minimum Gasteiger partial charge on any atom is -0.403 e. The molecule has 1 aromatic heterocycles. The van der Waals surface area contributed by atoms with Crippen molar-refractivity contribution >= 4 is 16.8 Å². The summed E-state index contributed by atoms with van der Waals surface area (Å²) in [6.45, 7) is 3.44. The van der Waals surface area contributed by atoms with Crippen LogP contribution < -0.4 is 22.3 Å². The molecule has 2 heterocycles. The second-order valence-electron chi connectivity index (χ2n) is 7.19. The number of rotatable bonds is 4. The summed E-state index contributed by atoms with van der Waals surface area (Å²) in [6, 6.07) is 2.50. The van der Waals surface area contributed by atoms with Crippen molar-refractivity contribution in [2.75, 3.05) is 0 Å². The maximum Gasteiger partial charge on any atom is 0.416 e. The van der Waals surface area contributed by atoms with Crippen LogP contribution in [0.2, 0.25) is 0 Å². The Bertz CT molecular complexity index is 1180. The van der Waals surface area contributed by atoms with E-state index in [0.717, 1.165) is 18.2 Å². The van der Waals surface area contributed by atoms with Crippen molar-refractivity contribution in [1.29, 1.82) is 0 Å². The van der Waals surface area contributed by atoms with Gasteiger partial charge in [-0.05, 0) is 44.2 Å². The lowest BCUT2D eigenvalue weighted by atomic mass is 10.1. The topological polar surface area (TPSA) is 119 Å². The number of aromatic nitrogens is 2. The number of halogens is 3. The number of carbonyl (C=O) groups excluding carboxylic acids is 1. The fourth-order valence-corrected chi connectivity index (χ4v) is 3.09. The molecule has 1 aliphatic heterocycles. The Kier molecular flexibility index (Phi) is 5.89. The zero-order valence-corrected chi connectivity index (χ0v) is 16.8. The highest BCUT2D eigenvalue weighted by Gasteiger charge is 2.31. The van der Waals surface area contributed by atoms with Gasteiger partial charge in [-0.25, -0.2) is 5.84 Å². The smallest absolute Gasteiger partial charge is 0.403 e. The summed E-state index contributed by atoms with van der Waals surface area (Å²) in [5.74, 6) is 5.22. The molecule has 0 fully saturated rings. The summed E-state index contributed by atoms with van der Waals surface area (Å²) >= 11 is 0. The van der Waals surface area contributed by atoms with Crippen molar-refractivity contribution in [2.45, 2.75) is 32.5 Å². The van der Waals surface area contributed by atoms with Crippen molar-refractivity contribution in [3.8, 4) is 0 Å². The third-order valence-electron chi connectivity index (χ3n) is 4.59. The molecule has 0 atom stereocenters. The molecule has 3 rings (SSSR count). The van der Waals surface area contributed by atoms with Crippen molar-refractivity contribution in [3.05, 3.63) is 75.6 Å². The van der Waals surface area contributed by atoms with Gasteiger partial charge >= 0.3 is 6.18 Å². The Balaban J connectivity index is 1.94. The molecular formula is C20H21F3N6O2. The van der Waals surface area contributed by atoms with Crippen LogP contribution in [0.3, 0.4) is 0 Å². The van der Waals surface area contributed by atoms with Gasteiger partial charge in [0.25, 0.3) is 0 Å². The maximum absolute atomic E-state index is 13.1. The number of alkyl halides is 3. The van der Waals surface area contributed by atoms with Gasteiger partial charge in [-0.3, -0.25) is 19.3 Å². The number of hydrazine groups is 1. The van der Waals surface area contributed by atoms with E-state index in [2.05, 4.69) is 10.4 Å². The van der Waals surface area contributed by atoms with Crippen molar-refractivity contribution in [3.63, 3.8) is 0 Å². The summed E-state index contributed by atoms with van der Waals surface area (Å²) in [4.78, 5) is 25.3. The molecule has 0 unspecified atom stereocenters. The normalized spacial score (nSPS) is 15.6. The third-order valence-corrected chi connectivity index (χ3v) is 4.59. The largest absolute Gasteiger partial charge is 0.416 e. The SMILES string of the molecule is CC(C)n1nc(CC(=O)NC2=CN(N)/C(=C\N)C=C2)c(=O)c2ccc(C(F)(F)F)cc21. The van der Waals surface area contributed by atoms with Gasteiger partial charge in [0, 0.05) is 23.8 Å². The van der Waals surface area contributed by atoms with E-state index in [4.69, 9.17) is 11.6 Å². The lowest BCUT2D eigenvalue weighted by Gasteiger charge is -2.20. The van der Waals surface area contributed by atoms with E-state index < -0.39 is 23.1 Å². The molecule has 0 saturated carbocycles. The second-order valence-corrected chi connectivity index (χ2v) is 7.19. The Morgan fingerprint density at radius 2 is 2.00 bits per heavy atom. The van der Waals surface area contributed by atoms with E-state index in [-0.39, 0.29) is 29.1 Å². The average Bonchev–Trinajstić information content (AvgIpc) is 2.69. The number of benzene rings is 1. The lowest BCUT2D eigenvalue weighted by Crippen LogP contribution is -2.33. The predicted molar refractivity (Wildman–Crippen MR) is 109 cm³/mol. The van der Waals surface area contributed by atoms with E-state index in [1.807, 2.05) is 0 Å². The Morgan fingerprint density at radius 3 is 2.58 bits per heavy atom. The number of nitrogens with one attached hydrogen (secondary N) is 1. The molecule has 1 amide bonds. The lowest BCUT2D eigenvalue weighted by molar-refractivity contribution is -0.137. The van der Waals surface area contributed by atoms with Gasteiger partial charge in [0.05, 0.1) is 28.9 Å². The molecule has 164 valence electrons. The summed E-state index contributed by atoms with van der Waals surface area (Å²) in [5, 5.41) is 8.05. The van der Waals surface area contributed by atoms with Gasteiger partial charge in [0.2, 0.25) is 11.3 Å². The Hall–Kier alpha value is -3.60. The molecule has 0 spiro atoms. The van der Waals surface area contributed by atoms with Gasteiger partial charge in [-0.1, -0.05) is 0 Å². The number of hydrogen-bond donors (Lipinski definition) is 3. The number of allylic oxidation sites excluding steroid dienone is 2. The number of nitrogens with zero attached hydrogens (tertiary/aromatic N) is 3. The predicted octanol–water partition coefficient (Wildman–Crippen LogP) is 2.04. The van der Waals surface area contributed by atoms with Crippen molar-refractivity contribution < 1.29 is 18.0 Å². The summed E-state index contributed by atoms with van der Waals surface area (Å²) in [7, 11) is 0. The number of amides is 1. The summed E-state index contributed by atoms with van der Waals surface area (Å²) in [6.07, 6.45) is 0.991. The molecule has 5 N–H and O–H groups in total. The molecule has 0 saturated heterocycles. The van der Waals surface area contributed by atoms with Gasteiger partial charge in [-0.15, -0.1) is 0 Å². The average molecular weight is 434 g/mol. The molecule has 1 aromatic carbocycles. The van der Waals surface area contributed by atoms with E-state index in [1.165, 1.54) is 22.1 Å². The Labute approximate surface area is 175 Å². The number of fused-ring (bicyclic) bond motifs is 1. The second kappa shape index (κ2) is 8.26. The molecule has 11 heteroatoms. The van der Waals surface area contributed by atoms with E-state index in [0.29, 0.717) is 11.4 Å². The van der Waals surface area contributed by atoms with Crippen LogP contribution in [0.1, 0.15) is 31.1 Å². The minimum absolute atomic E-state index is 0.0526. The van der Waals surface area contributed by atoms with Crippen molar-refractivity contribution in [2.24, 2.45) is 11.6 Å². The van der Waals surface area contributed by atoms with Crippen LogP contribution in [0.5, 0.6) is 0 Å². The van der Waals surface area contributed by atoms with Crippen LogP contribution in [0.15, 0.2) is 58.9 Å². The highest BCUT2D eigenvalue weighted by molar-refractivity contribution is 5.83. The quantitative estimate of drug-likeness (QED) is 0.634. The molecule has 0 bridgehead atoms. The molecule has 1 aliphatic rings. The first kappa shape index (κ1) is 22.1. The van der Waals surface area contributed by atoms with Gasteiger partial charge in [0.15, 0.2) is 0 Å². The minimum atomic E-state index is -4.55. The van der Waals surface area contributed by atoms with Gasteiger partial charge in [0.1, 0.15) is 5.69 Å². The molecular weight excluding hydrogens is 413 g/mol. The van der Waals surface area contributed by atoms with Crippen LogP contribution >= 0.6 is 0 Å². The van der Waals surface area contributed by atoms with Gasteiger partial charge in [-0.2, -0.15) is 18.3 Å². The molecule has 0 aliphatic carbocycles. The molecule has 31 heavy (non-hydrogen) atoms. The summed E-state index contributed by atoms with van der Waals surface area (Å²) in [5.41, 5.74) is 4.81. The number of carbonyl (C=O) groups is 1. The van der Waals surface area contributed by atoms with E-state index >= 15 is 0 Å².